The van der Waals surface area contributed by atoms with Crippen molar-refractivity contribution in [3.63, 3.8) is 0 Å². The molecule has 0 saturated heterocycles. The lowest BCUT2D eigenvalue weighted by atomic mass is 10.0. The highest BCUT2D eigenvalue weighted by Crippen LogP contribution is 2.14. The van der Waals surface area contributed by atoms with Crippen LogP contribution in [0.2, 0.25) is 5.02 Å². The molecule has 128 valence electrons. The predicted molar refractivity (Wildman–Crippen MR) is 91.2 cm³/mol. The van der Waals surface area contributed by atoms with Crippen molar-refractivity contribution in [1.82, 2.24) is 4.72 Å². The molecule has 0 fully saturated rings. The van der Waals surface area contributed by atoms with Gasteiger partial charge in [-0.2, -0.15) is 0 Å². The molecule has 2 aromatic rings. The Kier molecular flexibility index (Phi) is 5.95. The zero-order valence-electron chi connectivity index (χ0n) is 12.6. The van der Waals surface area contributed by atoms with Crippen LogP contribution in [0, 0.1) is 0 Å². The van der Waals surface area contributed by atoms with E-state index in [4.69, 9.17) is 22.4 Å². The standard InChI is InChI=1S/C16H17ClN2O4S/c17-13-5-7-14(8-6-13)24(22,23)19-10-12-3-1-11(2-4-12)9-15(18)16(20)21/h1-8,15,19H,9-10,18H2,(H,20,21). The van der Waals surface area contributed by atoms with E-state index in [-0.39, 0.29) is 17.9 Å². The summed E-state index contributed by atoms with van der Waals surface area (Å²) in [5.41, 5.74) is 7.00. The quantitative estimate of drug-likeness (QED) is 0.690. The van der Waals surface area contributed by atoms with Crippen molar-refractivity contribution in [3.05, 3.63) is 64.7 Å². The number of carboxylic acid groups (broad SMARTS) is 1. The molecule has 0 radical (unpaired) electrons. The number of halogens is 1. The predicted octanol–water partition coefficient (Wildman–Crippen LogP) is 1.77. The molecule has 0 saturated carbocycles. The highest BCUT2D eigenvalue weighted by Gasteiger charge is 2.14. The minimum Gasteiger partial charge on any atom is -0.480 e. The van der Waals surface area contributed by atoms with Crippen molar-refractivity contribution in [2.45, 2.75) is 23.9 Å². The lowest BCUT2D eigenvalue weighted by Crippen LogP contribution is -2.32. The fraction of sp³-hybridized carbons (Fsp3) is 0.188. The van der Waals surface area contributed by atoms with Crippen LogP contribution in [0.25, 0.3) is 0 Å². The molecular formula is C16H17ClN2O4S. The number of benzene rings is 2. The molecule has 0 heterocycles. The third kappa shape index (κ3) is 5.04. The molecule has 4 N–H and O–H groups in total. The molecule has 0 spiro atoms. The Hall–Kier alpha value is -1.93. The maximum Gasteiger partial charge on any atom is 0.320 e. The van der Waals surface area contributed by atoms with Gasteiger partial charge in [-0.15, -0.1) is 0 Å². The second-order valence-corrected chi connectivity index (χ2v) is 7.45. The number of rotatable bonds is 7. The summed E-state index contributed by atoms with van der Waals surface area (Å²) in [4.78, 5) is 10.9. The largest absolute Gasteiger partial charge is 0.480 e. The first-order valence-corrected chi connectivity index (χ1v) is 8.95. The number of nitrogens with two attached hydrogens (primary N) is 1. The van der Waals surface area contributed by atoms with Crippen LogP contribution < -0.4 is 10.5 Å². The van der Waals surface area contributed by atoms with Gasteiger partial charge in [0.25, 0.3) is 0 Å². The number of carbonyl (C=O) groups is 1. The summed E-state index contributed by atoms with van der Waals surface area (Å²) < 4.78 is 26.8. The van der Waals surface area contributed by atoms with Gasteiger partial charge in [-0.05, 0) is 41.8 Å². The van der Waals surface area contributed by atoms with Gasteiger partial charge >= 0.3 is 5.97 Å². The maximum absolute atomic E-state index is 12.2. The van der Waals surface area contributed by atoms with Crippen LogP contribution >= 0.6 is 11.6 Å². The molecule has 0 bridgehead atoms. The fourth-order valence-electron chi connectivity index (χ4n) is 2.01. The molecule has 24 heavy (non-hydrogen) atoms. The number of hydrogen-bond donors (Lipinski definition) is 3. The Bertz CT molecular complexity index is 805. The highest BCUT2D eigenvalue weighted by molar-refractivity contribution is 7.89. The minimum atomic E-state index is -3.62. The molecule has 0 amide bonds. The van der Waals surface area contributed by atoms with Gasteiger partial charge in [0.15, 0.2) is 0 Å². The van der Waals surface area contributed by atoms with Crippen molar-refractivity contribution >= 4 is 27.6 Å². The normalized spacial score (nSPS) is 12.8. The molecular weight excluding hydrogens is 352 g/mol. The Morgan fingerprint density at radius 3 is 2.17 bits per heavy atom. The monoisotopic (exact) mass is 368 g/mol. The van der Waals surface area contributed by atoms with Gasteiger partial charge in [0, 0.05) is 11.6 Å². The Morgan fingerprint density at radius 1 is 1.08 bits per heavy atom. The SMILES string of the molecule is NC(Cc1ccc(CNS(=O)(=O)c2ccc(Cl)cc2)cc1)C(=O)O. The molecule has 6 nitrogen and oxygen atoms in total. The van der Waals surface area contributed by atoms with E-state index in [1.165, 1.54) is 24.3 Å². The summed E-state index contributed by atoms with van der Waals surface area (Å²) in [6, 6.07) is 11.8. The summed E-state index contributed by atoms with van der Waals surface area (Å²) in [6.07, 6.45) is 0.214. The van der Waals surface area contributed by atoms with Crippen molar-refractivity contribution in [3.8, 4) is 0 Å². The Morgan fingerprint density at radius 2 is 1.62 bits per heavy atom. The average Bonchev–Trinajstić information content (AvgIpc) is 2.54. The van der Waals surface area contributed by atoms with E-state index in [1.54, 1.807) is 24.3 Å². The zero-order chi connectivity index (χ0) is 17.7. The molecule has 0 aliphatic heterocycles. The van der Waals surface area contributed by atoms with Gasteiger partial charge in [-0.1, -0.05) is 35.9 Å². The third-order valence-corrected chi connectivity index (χ3v) is 5.06. The first kappa shape index (κ1) is 18.4. The van der Waals surface area contributed by atoms with Gasteiger partial charge in [0.05, 0.1) is 4.90 Å². The molecule has 0 aromatic heterocycles. The average molecular weight is 369 g/mol. The van der Waals surface area contributed by atoms with Crippen molar-refractivity contribution in [1.29, 1.82) is 0 Å². The van der Waals surface area contributed by atoms with E-state index in [0.29, 0.717) is 5.02 Å². The van der Waals surface area contributed by atoms with Crippen LogP contribution in [-0.2, 0) is 27.8 Å². The molecule has 1 atom stereocenters. The summed E-state index contributed by atoms with van der Waals surface area (Å²) in [5.74, 6) is -1.06. The van der Waals surface area contributed by atoms with Gasteiger partial charge in [-0.25, -0.2) is 13.1 Å². The van der Waals surface area contributed by atoms with Crippen molar-refractivity contribution < 1.29 is 18.3 Å². The van der Waals surface area contributed by atoms with Crippen LogP contribution in [0.15, 0.2) is 53.4 Å². The van der Waals surface area contributed by atoms with Crippen LogP contribution in [-0.4, -0.2) is 25.5 Å². The molecule has 1 unspecified atom stereocenters. The zero-order valence-corrected chi connectivity index (χ0v) is 14.2. The number of hydrogen-bond acceptors (Lipinski definition) is 4. The second-order valence-electron chi connectivity index (χ2n) is 5.24. The lowest BCUT2D eigenvalue weighted by Gasteiger charge is -2.09. The topological polar surface area (TPSA) is 109 Å². The smallest absolute Gasteiger partial charge is 0.320 e. The van der Waals surface area contributed by atoms with Crippen LogP contribution in [0.1, 0.15) is 11.1 Å². The highest BCUT2D eigenvalue weighted by atomic mass is 35.5. The van der Waals surface area contributed by atoms with Gasteiger partial charge in [0.1, 0.15) is 6.04 Å². The first-order valence-electron chi connectivity index (χ1n) is 7.09. The summed E-state index contributed by atoms with van der Waals surface area (Å²) in [6.45, 7) is 0.121. The number of sulfonamides is 1. The minimum absolute atomic E-state index is 0.121. The summed E-state index contributed by atoms with van der Waals surface area (Å²) in [7, 11) is -3.62. The molecule has 0 aliphatic carbocycles. The fourth-order valence-corrected chi connectivity index (χ4v) is 3.15. The molecule has 2 aromatic carbocycles. The Labute approximate surface area is 145 Å². The number of nitrogens with one attached hydrogen (secondary N) is 1. The lowest BCUT2D eigenvalue weighted by molar-refractivity contribution is -0.138. The number of carboxylic acids is 1. The van der Waals surface area contributed by atoms with E-state index < -0.39 is 22.0 Å². The van der Waals surface area contributed by atoms with Crippen LogP contribution in [0.5, 0.6) is 0 Å². The summed E-state index contributed by atoms with van der Waals surface area (Å²) >= 11 is 5.74. The van der Waals surface area contributed by atoms with E-state index in [2.05, 4.69) is 4.72 Å². The first-order chi connectivity index (χ1) is 11.3. The maximum atomic E-state index is 12.2. The van der Waals surface area contributed by atoms with Crippen molar-refractivity contribution in [2.24, 2.45) is 5.73 Å². The van der Waals surface area contributed by atoms with E-state index >= 15 is 0 Å². The van der Waals surface area contributed by atoms with Crippen LogP contribution in [0.4, 0.5) is 0 Å². The van der Waals surface area contributed by atoms with Gasteiger partial charge in [-0.3, -0.25) is 4.79 Å². The van der Waals surface area contributed by atoms with E-state index in [1.807, 2.05) is 0 Å². The molecule has 8 heteroatoms. The molecule has 0 aliphatic rings. The second kappa shape index (κ2) is 7.76. The van der Waals surface area contributed by atoms with E-state index in [9.17, 15) is 13.2 Å². The van der Waals surface area contributed by atoms with Crippen LogP contribution in [0.3, 0.4) is 0 Å². The summed E-state index contributed by atoms with van der Waals surface area (Å²) in [5, 5.41) is 9.25. The van der Waals surface area contributed by atoms with E-state index in [0.717, 1.165) is 11.1 Å². The number of aliphatic carboxylic acids is 1. The van der Waals surface area contributed by atoms with Gasteiger partial charge in [0.2, 0.25) is 10.0 Å². The molecule has 2 rings (SSSR count). The Balaban J connectivity index is 1.99. The third-order valence-electron chi connectivity index (χ3n) is 3.39. The van der Waals surface area contributed by atoms with Gasteiger partial charge < -0.3 is 10.8 Å². The van der Waals surface area contributed by atoms with Crippen molar-refractivity contribution in [2.75, 3.05) is 0 Å².